The minimum atomic E-state index is -3.89. The molecule has 9 heteroatoms. The van der Waals surface area contributed by atoms with Crippen LogP contribution in [0.3, 0.4) is 0 Å². The number of hydrogen-bond donors (Lipinski definition) is 1. The Bertz CT molecular complexity index is 992. The second-order valence-corrected chi connectivity index (χ2v) is 8.87. The monoisotopic (exact) mass is 421 g/mol. The average molecular weight is 422 g/mol. The topological polar surface area (TPSA) is 79.4 Å². The fourth-order valence-electron chi connectivity index (χ4n) is 2.37. The summed E-state index contributed by atoms with van der Waals surface area (Å²) in [4.78, 5) is 16.4. The maximum Gasteiger partial charge on any atom is 0.243 e. The van der Waals surface area contributed by atoms with Crippen molar-refractivity contribution in [2.45, 2.75) is 11.4 Å². The Hall–Kier alpha value is -2.26. The van der Waals surface area contributed by atoms with Crippen LogP contribution < -0.4 is 5.32 Å². The molecule has 0 unspecified atom stereocenters. The Kier molecular flexibility index (Phi) is 6.22. The van der Waals surface area contributed by atoms with Crippen molar-refractivity contribution in [3.63, 3.8) is 0 Å². The number of nitrogens with zero attached hydrogens (tertiary/aromatic N) is 2. The quantitative estimate of drug-likeness (QED) is 0.631. The molecule has 0 spiro atoms. The van der Waals surface area contributed by atoms with Crippen LogP contribution in [0.25, 0.3) is 0 Å². The molecule has 1 amide bonds. The third kappa shape index (κ3) is 5.14. The first-order valence-electron chi connectivity index (χ1n) is 7.94. The molecule has 0 saturated carbocycles. The number of anilines is 1. The van der Waals surface area contributed by atoms with E-state index in [1.165, 1.54) is 35.6 Å². The Morgan fingerprint density at radius 2 is 1.81 bits per heavy atom. The van der Waals surface area contributed by atoms with Crippen LogP contribution in [0.5, 0.6) is 0 Å². The third-order valence-electron chi connectivity index (χ3n) is 3.65. The van der Waals surface area contributed by atoms with Gasteiger partial charge in [0.25, 0.3) is 0 Å². The zero-order valence-corrected chi connectivity index (χ0v) is 16.5. The van der Waals surface area contributed by atoms with Gasteiger partial charge in [-0.15, -0.1) is 11.3 Å². The normalized spacial score (nSPS) is 11.5. The maximum absolute atomic E-state index is 13.1. The lowest BCUT2D eigenvalue weighted by molar-refractivity contribution is -0.116. The number of carbonyl (C=O) groups is 1. The second kappa shape index (κ2) is 8.62. The van der Waals surface area contributed by atoms with E-state index < -0.39 is 15.9 Å². The number of hydrogen-bond acceptors (Lipinski definition) is 5. The first kappa shape index (κ1) is 19.5. The zero-order chi connectivity index (χ0) is 19.3. The van der Waals surface area contributed by atoms with Gasteiger partial charge in [0.05, 0.1) is 11.4 Å². The van der Waals surface area contributed by atoms with Crippen molar-refractivity contribution in [2.75, 3.05) is 11.9 Å². The van der Waals surface area contributed by atoms with Gasteiger partial charge in [0.2, 0.25) is 15.9 Å². The molecule has 0 bridgehead atoms. The fraction of sp³-hybridized carbons (Fsp3) is 0.111. The highest BCUT2D eigenvalue weighted by Crippen LogP contribution is 2.21. The minimum Gasteiger partial charge on any atom is -0.301 e. The molecule has 6 nitrogen and oxygen atoms in total. The van der Waals surface area contributed by atoms with Crippen LogP contribution in [0.4, 0.5) is 5.13 Å². The summed E-state index contributed by atoms with van der Waals surface area (Å²) >= 11 is 7.12. The average Bonchev–Trinajstić information content (AvgIpc) is 3.15. The molecule has 0 aliphatic rings. The number of sulfonamides is 1. The van der Waals surface area contributed by atoms with Crippen LogP contribution >= 0.6 is 22.9 Å². The zero-order valence-electron chi connectivity index (χ0n) is 14.1. The van der Waals surface area contributed by atoms with Gasteiger partial charge in [0, 0.05) is 23.1 Å². The molecule has 3 rings (SSSR count). The van der Waals surface area contributed by atoms with Crippen LogP contribution in [0.1, 0.15) is 5.56 Å². The Balaban J connectivity index is 1.86. The van der Waals surface area contributed by atoms with Crippen LogP contribution in [-0.4, -0.2) is 30.2 Å². The molecule has 0 aliphatic carbocycles. The highest BCUT2D eigenvalue weighted by Gasteiger charge is 2.27. The first-order chi connectivity index (χ1) is 12.9. The highest BCUT2D eigenvalue weighted by molar-refractivity contribution is 7.89. The Morgan fingerprint density at radius 3 is 2.44 bits per heavy atom. The maximum atomic E-state index is 13.1. The van der Waals surface area contributed by atoms with E-state index >= 15 is 0 Å². The molecule has 1 aromatic heterocycles. The first-order valence-corrected chi connectivity index (χ1v) is 10.6. The predicted octanol–water partition coefficient (Wildman–Crippen LogP) is 3.63. The summed E-state index contributed by atoms with van der Waals surface area (Å²) in [6, 6.07) is 15.0. The summed E-state index contributed by atoms with van der Waals surface area (Å²) < 4.78 is 27.3. The van der Waals surface area contributed by atoms with Crippen molar-refractivity contribution in [2.24, 2.45) is 0 Å². The SMILES string of the molecule is O=C(CN(Cc1ccccc1)S(=O)(=O)c1ccc(Cl)cc1)Nc1nccs1. The molecule has 27 heavy (non-hydrogen) atoms. The largest absolute Gasteiger partial charge is 0.301 e. The molecule has 0 radical (unpaired) electrons. The number of nitrogens with one attached hydrogen (secondary N) is 1. The van der Waals surface area contributed by atoms with Crippen molar-refractivity contribution >= 4 is 44.0 Å². The number of aromatic nitrogens is 1. The van der Waals surface area contributed by atoms with Gasteiger partial charge in [-0.25, -0.2) is 13.4 Å². The molecule has 0 aliphatic heterocycles. The van der Waals surface area contributed by atoms with Crippen molar-refractivity contribution in [1.82, 2.24) is 9.29 Å². The lowest BCUT2D eigenvalue weighted by Crippen LogP contribution is -2.37. The van der Waals surface area contributed by atoms with Crippen LogP contribution in [0.15, 0.2) is 71.1 Å². The molecule has 140 valence electrons. The van der Waals surface area contributed by atoms with Crippen LogP contribution in [0, 0.1) is 0 Å². The molecule has 0 atom stereocenters. The van der Waals surface area contributed by atoms with Crippen molar-refractivity contribution < 1.29 is 13.2 Å². The van der Waals surface area contributed by atoms with E-state index in [9.17, 15) is 13.2 Å². The number of amides is 1. The Labute approximate surface area is 166 Å². The number of thiazole rings is 1. The van der Waals surface area contributed by atoms with Gasteiger partial charge in [0.1, 0.15) is 0 Å². The van der Waals surface area contributed by atoms with Crippen molar-refractivity contribution in [3.05, 3.63) is 76.8 Å². The highest BCUT2D eigenvalue weighted by atomic mass is 35.5. The lowest BCUT2D eigenvalue weighted by Gasteiger charge is -2.21. The second-order valence-electron chi connectivity index (χ2n) is 5.60. The summed E-state index contributed by atoms with van der Waals surface area (Å²) in [7, 11) is -3.89. The number of halogens is 1. The number of carbonyl (C=O) groups excluding carboxylic acids is 1. The molecule has 2 aromatic carbocycles. The van der Waals surface area contributed by atoms with E-state index in [0.717, 1.165) is 9.87 Å². The summed E-state index contributed by atoms with van der Waals surface area (Å²) in [6.07, 6.45) is 1.56. The van der Waals surface area contributed by atoms with Gasteiger partial charge in [-0.1, -0.05) is 41.9 Å². The van der Waals surface area contributed by atoms with E-state index in [4.69, 9.17) is 11.6 Å². The van der Waals surface area contributed by atoms with Crippen molar-refractivity contribution in [3.8, 4) is 0 Å². The third-order valence-corrected chi connectivity index (χ3v) is 6.40. The Morgan fingerprint density at radius 1 is 1.11 bits per heavy atom. The van der Waals surface area contributed by atoms with Gasteiger partial charge in [-0.3, -0.25) is 4.79 Å². The van der Waals surface area contributed by atoms with Gasteiger partial charge in [0.15, 0.2) is 5.13 Å². The van der Waals surface area contributed by atoms with Gasteiger partial charge in [-0.2, -0.15) is 4.31 Å². The molecule has 1 heterocycles. The molecular weight excluding hydrogens is 406 g/mol. The standard InChI is InChI=1S/C18H16ClN3O3S2/c19-15-6-8-16(9-7-15)27(24,25)22(12-14-4-2-1-3-5-14)13-17(23)21-18-20-10-11-26-18/h1-11H,12-13H2,(H,20,21,23). The molecule has 1 N–H and O–H groups in total. The van der Waals surface area contributed by atoms with Gasteiger partial charge in [-0.05, 0) is 29.8 Å². The predicted molar refractivity (Wildman–Crippen MR) is 106 cm³/mol. The van der Waals surface area contributed by atoms with Gasteiger partial charge < -0.3 is 5.32 Å². The number of benzene rings is 2. The molecule has 0 fully saturated rings. The van der Waals surface area contributed by atoms with Crippen LogP contribution in [-0.2, 0) is 21.4 Å². The molecule has 0 saturated heterocycles. The van der Waals surface area contributed by atoms with E-state index in [-0.39, 0.29) is 18.0 Å². The van der Waals surface area contributed by atoms with E-state index in [1.54, 1.807) is 11.6 Å². The summed E-state index contributed by atoms with van der Waals surface area (Å²) in [6.45, 7) is -0.267. The minimum absolute atomic E-state index is 0.0666. The van der Waals surface area contributed by atoms with Gasteiger partial charge >= 0.3 is 0 Å². The molecule has 3 aromatic rings. The van der Waals surface area contributed by atoms with Crippen molar-refractivity contribution in [1.29, 1.82) is 0 Å². The smallest absolute Gasteiger partial charge is 0.243 e. The van der Waals surface area contributed by atoms with E-state index in [1.807, 2.05) is 30.3 Å². The number of rotatable bonds is 7. The summed E-state index contributed by atoms with van der Waals surface area (Å²) in [5.41, 5.74) is 0.775. The summed E-state index contributed by atoms with van der Waals surface area (Å²) in [5.74, 6) is -0.460. The fourth-order valence-corrected chi connectivity index (χ4v) is 4.43. The van der Waals surface area contributed by atoms with E-state index in [0.29, 0.717) is 10.2 Å². The molecular formula is C18H16ClN3O3S2. The lowest BCUT2D eigenvalue weighted by atomic mass is 10.2. The van der Waals surface area contributed by atoms with E-state index in [2.05, 4.69) is 10.3 Å². The van der Waals surface area contributed by atoms with Crippen LogP contribution in [0.2, 0.25) is 5.02 Å². The summed E-state index contributed by atoms with van der Waals surface area (Å²) in [5, 5.41) is 5.19.